The average Bonchev–Trinajstić information content (AvgIpc) is 3.16. The molecule has 1 fully saturated rings. The van der Waals surface area contributed by atoms with Gasteiger partial charge in [0.2, 0.25) is 0 Å². The van der Waals surface area contributed by atoms with Gasteiger partial charge >= 0.3 is 0 Å². The van der Waals surface area contributed by atoms with Crippen molar-refractivity contribution in [3.8, 4) is 0 Å². The third-order valence-corrected chi connectivity index (χ3v) is 8.00. The number of nitrogens with one attached hydrogen (secondary N) is 1. The molecule has 2 aromatic rings. The first kappa shape index (κ1) is 18.8. The highest BCUT2D eigenvalue weighted by atomic mass is 32.2. The van der Waals surface area contributed by atoms with E-state index in [0.29, 0.717) is 11.1 Å². The smallest absolute Gasteiger partial charge is 0.251 e. The van der Waals surface area contributed by atoms with Crippen molar-refractivity contribution < 1.29 is 4.79 Å². The van der Waals surface area contributed by atoms with Crippen molar-refractivity contribution in [1.82, 2.24) is 10.2 Å². The minimum atomic E-state index is -0.00224. The lowest BCUT2D eigenvalue weighted by Gasteiger charge is -2.24. The van der Waals surface area contributed by atoms with Crippen LogP contribution in [-0.2, 0) is 0 Å². The van der Waals surface area contributed by atoms with Gasteiger partial charge in [-0.1, -0.05) is 12.1 Å². The zero-order valence-electron chi connectivity index (χ0n) is 14.6. The van der Waals surface area contributed by atoms with Gasteiger partial charge in [-0.2, -0.15) is 11.3 Å². The van der Waals surface area contributed by atoms with Gasteiger partial charge < -0.3 is 10.2 Å². The summed E-state index contributed by atoms with van der Waals surface area (Å²) in [4.78, 5) is 14.6. The molecule has 3 nitrogen and oxygen atoms in total. The fourth-order valence-corrected chi connectivity index (χ4v) is 6.43. The van der Waals surface area contributed by atoms with Gasteiger partial charge in [-0.25, -0.2) is 0 Å². The molecule has 1 aliphatic rings. The molecule has 2 heterocycles. The second-order valence-corrected chi connectivity index (χ2v) is 9.80. The van der Waals surface area contributed by atoms with Gasteiger partial charge in [0.25, 0.3) is 5.91 Å². The topological polar surface area (TPSA) is 32.3 Å². The summed E-state index contributed by atoms with van der Waals surface area (Å²) in [6.45, 7) is 0.610. The number of carbonyl (C=O) groups is 1. The van der Waals surface area contributed by atoms with E-state index in [-0.39, 0.29) is 11.9 Å². The highest BCUT2D eigenvalue weighted by Crippen LogP contribution is 2.43. The maximum Gasteiger partial charge on any atom is 0.251 e. The zero-order valence-corrected chi connectivity index (χ0v) is 17.1. The third kappa shape index (κ3) is 5.03. The van der Waals surface area contributed by atoms with Crippen LogP contribution in [0.4, 0.5) is 0 Å². The summed E-state index contributed by atoms with van der Waals surface area (Å²) >= 11 is 5.70. The lowest BCUT2D eigenvalue weighted by atomic mass is 10.1. The molecule has 1 amide bonds. The van der Waals surface area contributed by atoms with Crippen LogP contribution in [0.1, 0.15) is 38.5 Å². The van der Waals surface area contributed by atoms with Crippen molar-refractivity contribution >= 4 is 40.8 Å². The molecular weight excluding hydrogens is 368 g/mol. The molecule has 1 N–H and O–H groups in total. The van der Waals surface area contributed by atoms with Crippen LogP contribution in [0.25, 0.3) is 0 Å². The Balaban J connectivity index is 1.59. The Labute approximate surface area is 162 Å². The van der Waals surface area contributed by atoms with Crippen molar-refractivity contribution in [3.05, 3.63) is 57.8 Å². The summed E-state index contributed by atoms with van der Waals surface area (Å²) in [7, 11) is 4.09. The number of thiophene rings is 1. The Morgan fingerprint density at radius 2 is 1.92 bits per heavy atom. The highest BCUT2D eigenvalue weighted by Gasteiger charge is 2.18. The Morgan fingerprint density at radius 1 is 1.20 bits per heavy atom. The number of benzene rings is 1. The fraction of sp³-hybridized carbons (Fsp3) is 0.421. The van der Waals surface area contributed by atoms with E-state index in [4.69, 9.17) is 0 Å². The molecule has 0 radical (unpaired) electrons. The van der Waals surface area contributed by atoms with E-state index in [1.165, 1.54) is 29.1 Å². The summed E-state index contributed by atoms with van der Waals surface area (Å²) in [5.74, 6) is 2.46. The van der Waals surface area contributed by atoms with Crippen LogP contribution < -0.4 is 5.32 Å². The lowest BCUT2D eigenvalue weighted by Crippen LogP contribution is -2.34. The molecule has 1 aliphatic heterocycles. The number of carbonyl (C=O) groups excluding carboxylic acids is 1. The number of amides is 1. The molecule has 1 aromatic heterocycles. The number of nitrogens with zero attached hydrogens (tertiary/aromatic N) is 1. The number of likely N-dealkylation sites (N-methyl/N-ethyl adjacent to an activating group) is 1. The Bertz CT molecular complexity index is 664. The summed E-state index contributed by atoms with van der Waals surface area (Å²) < 4.78 is 0.516. The minimum Gasteiger partial charge on any atom is -0.350 e. The van der Waals surface area contributed by atoms with Crippen molar-refractivity contribution in [2.24, 2.45) is 0 Å². The molecule has 1 atom stereocenters. The van der Waals surface area contributed by atoms with E-state index in [9.17, 15) is 4.79 Å². The van der Waals surface area contributed by atoms with Gasteiger partial charge in [0.1, 0.15) is 0 Å². The predicted octanol–water partition coefficient (Wildman–Crippen LogP) is 4.65. The van der Waals surface area contributed by atoms with E-state index in [1.807, 2.05) is 49.8 Å². The van der Waals surface area contributed by atoms with E-state index in [2.05, 4.69) is 39.2 Å². The Kier molecular flexibility index (Phi) is 6.87. The molecule has 1 aromatic carbocycles. The van der Waals surface area contributed by atoms with Crippen LogP contribution in [0.15, 0.2) is 41.1 Å². The first-order valence-corrected chi connectivity index (χ1v) is 11.5. The van der Waals surface area contributed by atoms with E-state index >= 15 is 0 Å². The van der Waals surface area contributed by atoms with Crippen molar-refractivity contribution in [3.63, 3.8) is 0 Å². The van der Waals surface area contributed by atoms with Crippen molar-refractivity contribution in [1.29, 1.82) is 0 Å². The van der Waals surface area contributed by atoms with Crippen molar-refractivity contribution in [2.45, 2.75) is 17.0 Å². The number of thioether (sulfide) groups is 2. The summed E-state index contributed by atoms with van der Waals surface area (Å²) in [6, 6.07) is 10.4. The Morgan fingerprint density at radius 3 is 2.52 bits per heavy atom. The first-order chi connectivity index (χ1) is 12.1. The fourth-order valence-electron chi connectivity index (χ4n) is 2.83. The van der Waals surface area contributed by atoms with Crippen LogP contribution in [0.2, 0.25) is 0 Å². The summed E-state index contributed by atoms with van der Waals surface area (Å²) in [5.41, 5.74) is 3.30. The van der Waals surface area contributed by atoms with Crippen molar-refractivity contribution in [2.75, 3.05) is 32.1 Å². The number of rotatable bonds is 6. The minimum absolute atomic E-state index is 0.00224. The molecule has 1 saturated heterocycles. The maximum absolute atomic E-state index is 12.5. The van der Waals surface area contributed by atoms with Gasteiger partial charge in [-0.05, 0) is 72.1 Å². The average molecular weight is 393 g/mol. The Hall–Kier alpha value is -0.950. The molecule has 25 heavy (non-hydrogen) atoms. The monoisotopic (exact) mass is 392 g/mol. The zero-order chi connectivity index (χ0) is 17.6. The molecule has 134 valence electrons. The maximum atomic E-state index is 12.5. The van der Waals surface area contributed by atoms with Gasteiger partial charge in [-0.15, -0.1) is 23.5 Å². The van der Waals surface area contributed by atoms with Gasteiger partial charge in [0.15, 0.2) is 0 Å². The predicted molar refractivity (Wildman–Crippen MR) is 112 cm³/mol. The third-order valence-electron chi connectivity index (χ3n) is 4.28. The number of hydrogen-bond donors (Lipinski definition) is 1. The van der Waals surface area contributed by atoms with Gasteiger partial charge in [-0.3, -0.25) is 4.79 Å². The van der Waals surface area contributed by atoms with E-state index in [0.717, 1.165) is 5.56 Å². The van der Waals surface area contributed by atoms with Crippen LogP contribution >= 0.6 is 34.9 Å². The lowest BCUT2D eigenvalue weighted by molar-refractivity contribution is 0.0942. The molecule has 6 heteroatoms. The van der Waals surface area contributed by atoms with E-state index < -0.39 is 0 Å². The molecule has 3 rings (SSSR count). The molecule has 0 aliphatic carbocycles. The second kappa shape index (κ2) is 9.12. The van der Waals surface area contributed by atoms with Crippen LogP contribution in [0.3, 0.4) is 0 Å². The molecular formula is C19H24N2OS3. The molecule has 0 saturated carbocycles. The normalized spacial score (nSPS) is 16.8. The second-order valence-electron chi connectivity index (χ2n) is 6.30. The summed E-state index contributed by atoms with van der Waals surface area (Å²) in [5, 5.41) is 7.30. The highest BCUT2D eigenvalue weighted by molar-refractivity contribution is 8.16. The largest absolute Gasteiger partial charge is 0.350 e. The SMILES string of the molecule is CN(C)[C@@H](CNC(=O)c1ccc(C2SCCCS2)cc1)c1ccsc1. The van der Waals surface area contributed by atoms with E-state index in [1.54, 1.807) is 11.3 Å². The van der Waals surface area contributed by atoms with Crippen LogP contribution in [-0.4, -0.2) is 43.0 Å². The molecule has 0 unspecified atom stereocenters. The van der Waals surface area contributed by atoms with Gasteiger partial charge in [0.05, 0.1) is 10.6 Å². The molecule has 0 spiro atoms. The molecule has 0 bridgehead atoms. The number of hydrogen-bond acceptors (Lipinski definition) is 5. The summed E-state index contributed by atoms with van der Waals surface area (Å²) in [6.07, 6.45) is 1.30. The standard InChI is InChI=1S/C19H24N2OS3/c1-21(2)17(16-8-11-23-13-16)12-20-18(22)14-4-6-15(7-5-14)19-24-9-3-10-25-19/h4-8,11,13,17,19H,3,9-10,12H2,1-2H3,(H,20,22)/t17-/m0/s1. The quantitative estimate of drug-likeness (QED) is 0.776. The van der Waals surface area contributed by atoms with Crippen LogP contribution in [0.5, 0.6) is 0 Å². The van der Waals surface area contributed by atoms with Gasteiger partial charge in [0, 0.05) is 12.1 Å². The first-order valence-electron chi connectivity index (χ1n) is 8.45. The van der Waals surface area contributed by atoms with Crippen LogP contribution in [0, 0.1) is 0 Å².